The van der Waals surface area contributed by atoms with Crippen LogP contribution in [0, 0.1) is 5.82 Å². The number of aliphatic carboxylic acids is 1. The van der Waals surface area contributed by atoms with Crippen molar-refractivity contribution in [1.82, 2.24) is 9.88 Å². The maximum atomic E-state index is 13.9. The fourth-order valence-electron chi connectivity index (χ4n) is 2.48. The summed E-state index contributed by atoms with van der Waals surface area (Å²) in [5, 5.41) is 9.46. The molecule has 22 heavy (non-hydrogen) atoms. The zero-order valence-corrected chi connectivity index (χ0v) is 12.9. The number of benzene rings is 1. The number of ether oxygens (including phenoxy) is 1. The second-order valence-electron chi connectivity index (χ2n) is 4.96. The molecule has 116 valence electrons. The van der Waals surface area contributed by atoms with E-state index in [1.54, 1.807) is 6.07 Å². The molecule has 2 N–H and O–H groups in total. The van der Waals surface area contributed by atoms with Gasteiger partial charge in [0.25, 0.3) is 5.91 Å². The lowest BCUT2D eigenvalue weighted by molar-refractivity contribution is -0.147. The van der Waals surface area contributed by atoms with Crippen molar-refractivity contribution in [2.45, 2.75) is 6.04 Å². The summed E-state index contributed by atoms with van der Waals surface area (Å²) >= 11 is 3.19. The fourth-order valence-corrected chi connectivity index (χ4v) is 2.91. The molecule has 1 amide bonds. The zero-order chi connectivity index (χ0) is 15.9. The van der Waals surface area contributed by atoms with Gasteiger partial charge in [-0.2, -0.15) is 0 Å². The van der Waals surface area contributed by atoms with E-state index in [1.165, 1.54) is 17.0 Å². The monoisotopic (exact) mass is 370 g/mol. The molecule has 1 aromatic carbocycles. The fraction of sp³-hybridized carbons (Fsp3) is 0.286. The van der Waals surface area contributed by atoms with Gasteiger partial charge in [0.05, 0.1) is 18.7 Å². The number of H-pyrrole nitrogens is 1. The van der Waals surface area contributed by atoms with Crippen LogP contribution in [0.2, 0.25) is 0 Å². The number of amides is 1. The molecule has 1 atom stereocenters. The number of morpholine rings is 1. The number of aromatic amines is 1. The number of hydrogen-bond acceptors (Lipinski definition) is 3. The van der Waals surface area contributed by atoms with E-state index in [1.807, 2.05) is 0 Å². The van der Waals surface area contributed by atoms with Gasteiger partial charge in [-0.1, -0.05) is 15.9 Å². The third-order valence-corrected chi connectivity index (χ3v) is 4.01. The van der Waals surface area contributed by atoms with Crippen LogP contribution in [-0.2, 0) is 9.53 Å². The van der Waals surface area contributed by atoms with Crippen LogP contribution < -0.4 is 0 Å². The highest BCUT2D eigenvalue weighted by molar-refractivity contribution is 9.10. The van der Waals surface area contributed by atoms with Gasteiger partial charge in [0, 0.05) is 16.4 Å². The Labute approximate surface area is 133 Å². The minimum absolute atomic E-state index is 0.0544. The van der Waals surface area contributed by atoms with Gasteiger partial charge in [0.1, 0.15) is 11.5 Å². The average molecular weight is 371 g/mol. The van der Waals surface area contributed by atoms with Crippen LogP contribution in [0.25, 0.3) is 10.9 Å². The molecule has 1 saturated heterocycles. The normalized spacial score (nSPS) is 18.6. The van der Waals surface area contributed by atoms with Crippen molar-refractivity contribution in [1.29, 1.82) is 0 Å². The summed E-state index contributed by atoms with van der Waals surface area (Å²) in [4.78, 5) is 27.8. The summed E-state index contributed by atoms with van der Waals surface area (Å²) < 4.78 is 19.5. The van der Waals surface area contributed by atoms with Gasteiger partial charge in [-0.25, -0.2) is 9.18 Å². The third-order valence-electron chi connectivity index (χ3n) is 3.56. The smallest absolute Gasteiger partial charge is 0.328 e. The Hall–Kier alpha value is -1.93. The molecule has 2 aromatic rings. The van der Waals surface area contributed by atoms with Crippen LogP contribution in [0.4, 0.5) is 4.39 Å². The number of carboxylic acid groups (broad SMARTS) is 1. The average Bonchev–Trinajstić information content (AvgIpc) is 2.90. The molecule has 2 heterocycles. The molecule has 1 aromatic heterocycles. The van der Waals surface area contributed by atoms with Crippen molar-refractivity contribution in [2.75, 3.05) is 19.8 Å². The second kappa shape index (κ2) is 5.69. The van der Waals surface area contributed by atoms with Crippen LogP contribution in [0.3, 0.4) is 0 Å². The summed E-state index contributed by atoms with van der Waals surface area (Å²) in [6, 6.07) is 3.32. The predicted molar refractivity (Wildman–Crippen MR) is 79.2 cm³/mol. The van der Waals surface area contributed by atoms with Crippen molar-refractivity contribution in [3.05, 3.63) is 34.2 Å². The van der Waals surface area contributed by atoms with E-state index in [9.17, 15) is 19.1 Å². The zero-order valence-electron chi connectivity index (χ0n) is 11.3. The first-order valence-electron chi connectivity index (χ1n) is 6.56. The van der Waals surface area contributed by atoms with Crippen molar-refractivity contribution in [3.8, 4) is 0 Å². The Morgan fingerprint density at radius 1 is 1.41 bits per heavy atom. The minimum atomic E-state index is -1.13. The van der Waals surface area contributed by atoms with Crippen LogP contribution in [0.15, 0.2) is 22.7 Å². The summed E-state index contributed by atoms with van der Waals surface area (Å²) in [5.41, 5.74) is 0.621. The number of carboxylic acids is 1. The highest BCUT2D eigenvalue weighted by Crippen LogP contribution is 2.25. The number of nitrogens with one attached hydrogen (secondary N) is 1. The van der Waals surface area contributed by atoms with E-state index in [-0.39, 0.29) is 30.8 Å². The Bertz CT molecular complexity index is 761. The van der Waals surface area contributed by atoms with Crippen LogP contribution in [0.1, 0.15) is 10.5 Å². The molecule has 3 rings (SSSR count). The van der Waals surface area contributed by atoms with E-state index in [0.29, 0.717) is 9.99 Å². The quantitative estimate of drug-likeness (QED) is 0.846. The molecule has 0 bridgehead atoms. The highest BCUT2D eigenvalue weighted by atomic mass is 79.9. The van der Waals surface area contributed by atoms with Gasteiger partial charge >= 0.3 is 5.97 Å². The topological polar surface area (TPSA) is 82.6 Å². The summed E-state index contributed by atoms with van der Waals surface area (Å²) in [6.45, 7) is 0.397. The molecule has 0 saturated carbocycles. The van der Waals surface area contributed by atoms with E-state index in [4.69, 9.17) is 4.74 Å². The highest BCUT2D eigenvalue weighted by Gasteiger charge is 2.34. The second-order valence-corrected chi connectivity index (χ2v) is 5.88. The largest absolute Gasteiger partial charge is 0.480 e. The summed E-state index contributed by atoms with van der Waals surface area (Å²) in [7, 11) is 0. The first-order valence-corrected chi connectivity index (χ1v) is 7.36. The number of halogens is 2. The molecule has 0 spiro atoms. The summed E-state index contributed by atoms with van der Waals surface area (Å²) in [5.74, 6) is -2.07. The van der Waals surface area contributed by atoms with Gasteiger partial charge < -0.3 is 19.7 Å². The van der Waals surface area contributed by atoms with Crippen molar-refractivity contribution < 1.29 is 23.8 Å². The number of carbonyl (C=O) groups is 2. The van der Waals surface area contributed by atoms with Crippen molar-refractivity contribution in [2.24, 2.45) is 0 Å². The number of aromatic nitrogens is 1. The van der Waals surface area contributed by atoms with Crippen molar-refractivity contribution in [3.63, 3.8) is 0 Å². The lowest BCUT2D eigenvalue weighted by atomic mass is 10.2. The van der Waals surface area contributed by atoms with E-state index >= 15 is 0 Å². The Kier molecular flexibility index (Phi) is 3.88. The number of fused-ring (bicyclic) bond motifs is 1. The molecular weight excluding hydrogens is 359 g/mol. The van der Waals surface area contributed by atoms with Gasteiger partial charge in [0.15, 0.2) is 6.04 Å². The standard InChI is InChI=1S/C14H12BrFN2O4/c15-7-3-9(16)8-5-11(17-10(8)4-7)13(19)18-1-2-22-6-12(18)14(20)21/h3-5,12,17H,1-2,6H2,(H,20,21). The third kappa shape index (κ3) is 2.59. The maximum absolute atomic E-state index is 13.9. The number of hydrogen-bond donors (Lipinski definition) is 2. The van der Waals surface area contributed by atoms with Gasteiger partial charge in [0.2, 0.25) is 0 Å². The molecule has 8 heteroatoms. The lowest BCUT2D eigenvalue weighted by Crippen LogP contribution is -2.52. The Morgan fingerprint density at radius 2 is 2.18 bits per heavy atom. The number of carbonyl (C=O) groups excluding carboxylic acids is 1. The first kappa shape index (κ1) is 15.0. The Balaban J connectivity index is 1.97. The molecular formula is C14H12BrFN2O4. The Morgan fingerprint density at radius 3 is 2.91 bits per heavy atom. The van der Waals surface area contributed by atoms with Gasteiger partial charge in [-0.05, 0) is 18.2 Å². The SMILES string of the molecule is O=C(O)C1COCCN1C(=O)c1cc2c(F)cc(Br)cc2[nH]1. The number of rotatable bonds is 2. The molecule has 1 unspecified atom stereocenters. The van der Waals surface area contributed by atoms with Crippen LogP contribution >= 0.6 is 15.9 Å². The van der Waals surface area contributed by atoms with Crippen LogP contribution in [0.5, 0.6) is 0 Å². The van der Waals surface area contributed by atoms with E-state index in [0.717, 1.165) is 0 Å². The minimum Gasteiger partial charge on any atom is -0.480 e. The molecule has 0 radical (unpaired) electrons. The molecule has 1 fully saturated rings. The predicted octanol–water partition coefficient (Wildman–Crippen LogP) is 2.00. The van der Waals surface area contributed by atoms with Gasteiger partial charge in [-0.3, -0.25) is 4.79 Å². The molecule has 1 aliphatic heterocycles. The maximum Gasteiger partial charge on any atom is 0.328 e. The van der Waals surface area contributed by atoms with E-state index < -0.39 is 23.7 Å². The first-order chi connectivity index (χ1) is 10.5. The molecule has 1 aliphatic rings. The van der Waals surface area contributed by atoms with E-state index in [2.05, 4.69) is 20.9 Å². The molecule has 0 aliphatic carbocycles. The van der Waals surface area contributed by atoms with Crippen molar-refractivity contribution >= 4 is 38.7 Å². The molecule has 6 nitrogen and oxygen atoms in total. The number of nitrogens with zero attached hydrogens (tertiary/aromatic N) is 1. The van der Waals surface area contributed by atoms with Gasteiger partial charge in [-0.15, -0.1) is 0 Å². The summed E-state index contributed by atoms with van der Waals surface area (Å²) in [6.07, 6.45) is 0. The lowest BCUT2D eigenvalue weighted by Gasteiger charge is -2.32. The van der Waals surface area contributed by atoms with Crippen LogP contribution in [-0.4, -0.2) is 52.7 Å².